The smallest absolute Gasteiger partial charge is 0.147 e. The van der Waals surface area contributed by atoms with Crippen LogP contribution in [0.4, 0.5) is 0 Å². The highest BCUT2D eigenvalue weighted by molar-refractivity contribution is 6.11. The molecule has 2 bridgehead atoms. The fraction of sp³-hybridized carbons (Fsp3) is 0.435. The van der Waals surface area contributed by atoms with E-state index in [9.17, 15) is 0 Å². The van der Waals surface area contributed by atoms with Gasteiger partial charge in [-0.3, -0.25) is 0 Å². The fourth-order valence-corrected chi connectivity index (χ4v) is 4.04. The molecule has 2 N–H and O–H groups in total. The molecule has 1 aliphatic heterocycles. The first-order valence-corrected chi connectivity index (χ1v) is 10.3. The SMILES string of the molecule is CCOC1=CC(c2ccc[nH]2)=N/C1=C/c1[nH]c2cc1C(C)CCCCCC2. The number of nitrogens with one attached hydrogen (secondary N) is 2. The van der Waals surface area contributed by atoms with E-state index in [2.05, 4.69) is 29.0 Å². The average Bonchev–Trinajstić information content (AvgIpc) is 3.39. The molecule has 2 aliphatic rings. The summed E-state index contributed by atoms with van der Waals surface area (Å²) in [5.41, 5.74) is 6.80. The van der Waals surface area contributed by atoms with Crippen molar-refractivity contribution in [1.82, 2.24) is 9.97 Å². The third-order valence-corrected chi connectivity index (χ3v) is 5.52. The van der Waals surface area contributed by atoms with Crippen LogP contribution < -0.4 is 0 Å². The Morgan fingerprint density at radius 2 is 2.15 bits per heavy atom. The molecule has 4 heteroatoms. The van der Waals surface area contributed by atoms with Gasteiger partial charge in [-0.05, 0) is 61.9 Å². The van der Waals surface area contributed by atoms with Crippen LogP contribution in [0.5, 0.6) is 0 Å². The molecule has 4 rings (SSSR count). The molecule has 2 aromatic rings. The zero-order chi connectivity index (χ0) is 18.6. The number of allylic oxidation sites excluding steroid dienone is 1. The summed E-state index contributed by atoms with van der Waals surface area (Å²) in [6.07, 6.45) is 13.8. The van der Waals surface area contributed by atoms with Gasteiger partial charge in [0.25, 0.3) is 0 Å². The molecule has 0 fully saturated rings. The van der Waals surface area contributed by atoms with Crippen molar-refractivity contribution in [3.8, 4) is 0 Å². The van der Waals surface area contributed by atoms with Gasteiger partial charge in [0.2, 0.25) is 0 Å². The van der Waals surface area contributed by atoms with Crippen LogP contribution in [-0.4, -0.2) is 22.3 Å². The minimum Gasteiger partial charge on any atom is -0.492 e. The first kappa shape index (κ1) is 17.9. The predicted molar refractivity (Wildman–Crippen MR) is 111 cm³/mol. The number of aromatic amines is 2. The van der Waals surface area contributed by atoms with E-state index < -0.39 is 0 Å². The summed E-state index contributed by atoms with van der Waals surface area (Å²) in [7, 11) is 0. The molecular formula is C23H29N3O. The summed E-state index contributed by atoms with van der Waals surface area (Å²) in [6.45, 7) is 4.99. The first-order chi connectivity index (χ1) is 13.2. The Balaban J connectivity index is 1.71. The predicted octanol–water partition coefficient (Wildman–Crippen LogP) is 5.72. The fourth-order valence-electron chi connectivity index (χ4n) is 4.04. The number of hydrogen-bond acceptors (Lipinski definition) is 2. The number of H-pyrrole nitrogens is 2. The van der Waals surface area contributed by atoms with Crippen molar-refractivity contribution in [3.63, 3.8) is 0 Å². The van der Waals surface area contributed by atoms with Gasteiger partial charge in [-0.25, -0.2) is 4.99 Å². The zero-order valence-corrected chi connectivity index (χ0v) is 16.3. The van der Waals surface area contributed by atoms with Gasteiger partial charge in [0, 0.05) is 23.7 Å². The van der Waals surface area contributed by atoms with Crippen molar-refractivity contribution >= 4 is 11.8 Å². The van der Waals surface area contributed by atoms with Crippen molar-refractivity contribution in [2.45, 2.75) is 58.3 Å². The van der Waals surface area contributed by atoms with Gasteiger partial charge in [0.15, 0.2) is 0 Å². The third kappa shape index (κ3) is 3.95. The molecular weight excluding hydrogens is 334 g/mol. The summed E-state index contributed by atoms with van der Waals surface area (Å²) in [5.74, 6) is 1.41. The minimum absolute atomic E-state index is 0.563. The lowest BCUT2D eigenvalue weighted by atomic mass is 9.93. The van der Waals surface area contributed by atoms with E-state index in [1.54, 1.807) is 0 Å². The monoisotopic (exact) mass is 363 g/mol. The van der Waals surface area contributed by atoms with E-state index in [4.69, 9.17) is 9.73 Å². The lowest BCUT2D eigenvalue weighted by Crippen LogP contribution is -1.96. The molecule has 0 spiro atoms. The summed E-state index contributed by atoms with van der Waals surface area (Å²) in [5, 5.41) is 0. The van der Waals surface area contributed by atoms with Crippen molar-refractivity contribution in [2.75, 3.05) is 6.61 Å². The van der Waals surface area contributed by atoms with Gasteiger partial charge in [-0.2, -0.15) is 0 Å². The molecule has 1 unspecified atom stereocenters. The van der Waals surface area contributed by atoms with Crippen LogP contribution in [-0.2, 0) is 11.2 Å². The van der Waals surface area contributed by atoms with E-state index in [1.807, 2.05) is 31.3 Å². The molecule has 0 saturated heterocycles. The molecule has 4 nitrogen and oxygen atoms in total. The lowest BCUT2D eigenvalue weighted by molar-refractivity contribution is 0.239. The minimum atomic E-state index is 0.563. The van der Waals surface area contributed by atoms with E-state index in [0.717, 1.165) is 29.3 Å². The third-order valence-electron chi connectivity index (χ3n) is 5.52. The Kier molecular flexibility index (Phi) is 5.33. The maximum atomic E-state index is 5.88. The molecule has 0 amide bonds. The van der Waals surface area contributed by atoms with Crippen LogP contribution in [0.15, 0.2) is 46.9 Å². The van der Waals surface area contributed by atoms with Gasteiger partial charge in [0.1, 0.15) is 11.5 Å². The maximum absolute atomic E-state index is 5.88. The van der Waals surface area contributed by atoms with Crippen molar-refractivity contribution in [1.29, 1.82) is 0 Å². The van der Waals surface area contributed by atoms with Crippen LogP contribution in [0.2, 0.25) is 0 Å². The summed E-state index contributed by atoms with van der Waals surface area (Å²) in [4.78, 5) is 11.7. The van der Waals surface area contributed by atoms with Crippen LogP contribution >= 0.6 is 0 Å². The van der Waals surface area contributed by atoms with Crippen molar-refractivity contribution in [2.24, 2.45) is 4.99 Å². The molecule has 2 aromatic heterocycles. The van der Waals surface area contributed by atoms with Crippen LogP contribution in [0, 0.1) is 0 Å². The normalized spacial score (nSPS) is 21.9. The second kappa shape index (κ2) is 8.03. The van der Waals surface area contributed by atoms with Gasteiger partial charge in [-0.1, -0.05) is 26.2 Å². The number of ether oxygens (including phenoxy) is 1. The Morgan fingerprint density at radius 1 is 1.26 bits per heavy atom. The first-order valence-electron chi connectivity index (χ1n) is 10.3. The van der Waals surface area contributed by atoms with Crippen LogP contribution in [0.25, 0.3) is 6.08 Å². The molecule has 0 aromatic carbocycles. The number of aryl methyl sites for hydroxylation is 1. The quantitative estimate of drug-likeness (QED) is 0.717. The molecule has 3 heterocycles. The number of aliphatic imine (C=N–C) groups is 1. The molecule has 0 radical (unpaired) electrons. The Labute approximate surface area is 161 Å². The summed E-state index contributed by atoms with van der Waals surface area (Å²) < 4.78 is 5.88. The van der Waals surface area contributed by atoms with Gasteiger partial charge < -0.3 is 14.7 Å². The number of aromatic nitrogens is 2. The van der Waals surface area contributed by atoms with Gasteiger partial charge >= 0.3 is 0 Å². The molecule has 1 atom stereocenters. The van der Waals surface area contributed by atoms with E-state index in [1.165, 1.54) is 49.1 Å². The van der Waals surface area contributed by atoms with Gasteiger partial charge in [0.05, 0.1) is 18.0 Å². The zero-order valence-electron chi connectivity index (χ0n) is 16.3. The Hall–Kier alpha value is -2.49. The molecule has 0 saturated carbocycles. The highest BCUT2D eigenvalue weighted by Crippen LogP contribution is 2.32. The topological polar surface area (TPSA) is 53.2 Å². The van der Waals surface area contributed by atoms with Crippen LogP contribution in [0.3, 0.4) is 0 Å². The second-order valence-electron chi connectivity index (χ2n) is 7.57. The standard InChI is InChI=1S/C23H29N3O/c1-3-27-23-15-21(19-11-8-12-24-19)26-22(23)14-20-18-13-17(25-20)10-7-5-4-6-9-16(18)2/h8,11-16,24-25H,3-7,9-10H2,1-2H3/b22-14+. The number of nitrogens with zero attached hydrogens (tertiary/aromatic N) is 1. The average molecular weight is 364 g/mol. The van der Waals surface area contributed by atoms with Crippen molar-refractivity contribution in [3.05, 3.63) is 64.6 Å². The largest absolute Gasteiger partial charge is 0.492 e. The lowest BCUT2D eigenvalue weighted by Gasteiger charge is -2.12. The number of hydrogen-bond donors (Lipinski definition) is 2. The van der Waals surface area contributed by atoms with E-state index >= 15 is 0 Å². The molecule has 27 heavy (non-hydrogen) atoms. The van der Waals surface area contributed by atoms with E-state index in [0.29, 0.717) is 12.5 Å². The van der Waals surface area contributed by atoms with Crippen molar-refractivity contribution < 1.29 is 4.74 Å². The van der Waals surface area contributed by atoms with Crippen LogP contribution in [0.1, 0.15) is 74.5 Å². The number of rotatable bonds is 4. The maximum Gasteiger partial charge on any atom is 0.147 e. The number of fused-ring (bicyclic) bond motifs is 2. The Bertz CT molecular complexity index is 868. The summed E-state index contributed by atoms with van der Waals surface area (Å²) >= 11 is 0. The Morgan fingerprint density at radius 3 is 2.96 bits per heavy atom. The highest BCUT2D eigenvalue weighted by atomic mass is 16.5. The molecule has 1 aliphatic carbocycles. The second-order valence-corrected chi connectivity index (χ2v) is 7.57. The highest BCUT2D eigenvalue weighted by Gasteiger charge is 2.20. The van der Waals surface area contributed by atoms with E-state index in [-0.39, 0.29) is 0 Å². The molecule has 142 valence electrons. The summed E-state index contributed by atoms with van der Waals surface area (Å²) in [6, 6.07) is 6.40. The van der Waals surface area contributed by atoms with Gasteiger partial charge in [-0.15, -0.1) is 0 Å².